The van der Waals surface area contributed by atoms with Gasteiger partial charge in [0.15, 0.2) is 5.82 Å². The second-order valence-corrected chi connectivity index (χ2v) is 5.91. The molecule has 2 atom stereocenters. The quantitative estimate of drug-likeness (QED) is 0.818. The van der Waals surface area contributed by atoms with Crippen molar-refractivity contribution in [1.82, 2.24) is 35.2 Å². The fraction of sp³-hybridized carbons (Fsp3) is 0.714. The minimum Gasteiger partial charge on any atom is -0.337 e. The third-order valence-electron chi connectivity index (χ3n) is 4.31. The summed E-state index contributed by atoms with van der Waals surface area (Å²) in [4.78, 5) is 18.9. The topological polar surface area (TPSA) is 103 Å². The number of amides is 1. The number of hydrogen-bond acceptors (Lipinski definition) is 7. The second-order valence-electron chi connectivity index (χ2n) is 5.91. The van der Waals surface area contributed by atoms with E-state index < -0.39 is 0 Å². The van der Waals surface area contributed by atoms with Crippen LogP contribution in [0.5, 0.6) is 0 Å². The molecule has 124 valence electrons. The van der Waals surface area contributed by atoms with Crippen LogP contribution in [-0.2, 0) is 11.3 Å². The summed E-state index contributed by atoms with van der Waals surface area (Å²) in [5.41, 5.74) is 0. The highest BCUT2D eigenvalue weighted by molar-refractivity contribution is 5.76. The van der Waals surface area contributed by atoms with Gasteiger partial charge in [-0.05, 0) is 36.1 Å². The van der Waals surface area contributed by atoms with E-state index in [0.29, 0.717) is 18.3 Å². The second kappa shape index (κ2) is 6.84. The van der Waals surface area contributed by atoms with Crippen LogP contribution >= 0.6 is 0 Å². The molecular weight excluding hydrogens is 298 g/mol. The standard InChI is InChI=1S/C14H21N7O2/c1-3-10(2)13-16-14(23-17-13)11-6-4-5-7-21(11)12(22)8-20-9-15-18-19-20/h9-11H,3-8H2,1-2H3/t10-,11-/m1/s1. The van der Waals surface area contributed by atoms with Gasteiger partial charge in [0.05, 0.1) is 0 Å². The van der Waals surface area contributed by atoms with Crippen molar-refractivity contribution in [3.63, 3.8) is 0 Å². The lowest BCUT2D eigenvalue weighted by molar-refractivity contribution is -0.136. The lowest BCUT2D eigenvalue weighted by atomic mass is 10.0. The molecule has 23 heavy (non-hydrogen) atoms. The maximum atomic E-state index is 12.6. The highest BCUT2D eigenvalue weighted by Gasteiger charge is 2.32. The Morgan fingerprint density at radius 2 is 2.35 bits per heavy atom. The van der Waals surface area contributed by atoms with Gasteiger partial charge in [-0.15, -0.1) is 5.10 Å². The van der Waals surface area contributed by atoms with E-state index in [1.807, 2.05) is 0 Å². The molecule has 0 N–H and O–H groups in total. The van der Waals surface area contributed by atoms with Crippen molar-refractivity contribution in [3.05, 3.63) is 18.0 Å². The fourth-order valence-corrected chi connectivity index (χ4v) is 2.73. The number of aromatic nitrogens is 6. The van der Waals surface area contributed by atoms with Crippen molar-refractivity contribution in [1.29, 1.82) is 0 Å². The molecule has 0 aromatic carbocycles. The molecule has 2 aromatic heterocycles. The number of carbonyl (C=O) groups excluding carboxylic acids is 1. The summed E-state index contributed by atoms with van der Waals surface area (Å²) in [7, 11) is 0. The normalized spacial score (nSPS) is 19.7. The van der Waals surface area contributed by atoms with Crippen LogP contribution in [0.4, 0.5) is 0 Å². The number of piperidine rings is 1. The Morgan fingerprint density at radius 1 is 1.48 bits per heavy atom. The van der Waals surface area contributed by atoms with Crippen molar-refractivity contribution in [2.24, 2.45) is 0 Å². The van der Waals surface area contributed by atoms with Crippen molar-refractivity contribution >= 4 is 5.91 Å². The van der Waals surface area contributed by atoms with Gasteiger partial charge in [-0.25, -0.2) is 4.68 Å². The van der Waals surface area contributed by atoms with E-state index in [-0.39, 0.29) is 24.4 Å². The highest BCUT2D eigenvalue weighted by atomic mass is 16.5. The summed E-state index contributed by atoms with van der Waals surface area (Å²) in [6.07, 6.45) is 5.24. The summed E-state index contributed by atoms with van der Waals surface area (Å²) in [6.45, 7) is 4.96. The first-order chi connectivity index (χ1) is 11.2. The molecule has 1 saturated heterocycles. The van der Waals surface area contributed by atoms with E-state index in [1.54, 1.807) is 4.90 Å². The average molecular weight is 319 g/mol. The first-order valence-corrected chi connectivity index (χ1v) is 8.02. The molecular formula is C14H21N7O2. The van der Waals surface area contributed by atoms with Crippen LogP contribution in [0, 0.1) is 0 Å². The zero-order valence-electron chi connectivity index (χ0n) is 13.4. The molecule has 1 aliphatic rings. The number of carbonyl (C=O) groups is 1. The van der Waals surface area contributed by atoms with Crippen molar-refractivity contribution in [3.8, 4) is 0 Å². The molecule has 9 nitrogen and oxygen atoms in total. The van der Waals surface area contributed by atoms with E-state index in [4.69, 9.17) is 4.52 Å². The molecule has 1 aliphatic heterocycles. The summed E-state index contributed by atoms with van der Waals surface area (Å²) in [6, 6.07) is -0.155. The Balaban J connectivity index is 1.75. The van der Waals surface area contributed by atoms with Crippen molar-refractivity contribution < 1.29 is 9.32 Å². The van der Waals surface area contributed by atoms with Gasteiger partial charge in [0.1, 0.15) is 18.9 Å². The Hall–Kier alpha value is -2.32. The van der Waals surface area contributed by atoms with Gasteiger partial charge in [0.2, 0.25) is 11.8 Å². The van der Waals surface area contributed by atoms with Crippen molar-refractivity contribution in [2.45, 2.75) is 58.0 Å². The number of nitrogens with zero attached hydrogens (tertiary/aromatic N) is 7. The van der Waals surface area contributed by atoms with E-state index in [2.05, 4.69) is 39.5 Å². The van der Waals surface area contributed by atoms with E-state index >= 15 is 0 Å². The maximum Gasteiger partial charge on any atom is 0.249 e. The smallest absolute Gasteiger partial charge is 0.249 e. The zero-order chi connectivity index (χ0) is 16.2. The lowest BCUT2D eigenvalue weighted by Crippen LogP contribution is -2.40. The summed E-state index contributed by atoms with van der Waals surface area (Å²) < 4.78 is 6.86. The Kier molecular flexibility index (Phi) is 4.63. The average Bonchev–Trinajstić information content (AvgIpc) is 3.25. The minimum absolute atomic E-state index is 0.0368. The van der Waals surface area contributed by atoms with E-state index in [0.717, 1.165) is 25.7 Å². The van der Waals surface area contributed by atoms with Gasteiger partial charge < -0.3 is 9.42 Å². The molecule has 1 amide bonds. The largest absolute Gasteiger partial charge is 0.337 e. The zero-order valence-corrected chi connectivity index (χ0v) is 13.4. The molecule has 0 spiro atoms. The Labute approximate surface area is 134 Å². The first kappa shape index (κ1) is 15.6. The van der Waals surface area contributed by atoms with Crippen LogP contribution in [-0.4, -0.2) is 47.7 Å². The molecule has 0 unspecified atom stereocenters. The third kappa shape index (κ3) is 3.38. The number of tetrazole rings is 1. The van der Waals surface area contributed by atoms with Crippen LogP contribution in [0.3, 0.4) is 0 Å². The SMILES string of the molecule is CC[C@@H](C)c1noc([C@H]2CCCCN2C(=O)Cn2cnnn2)n1. The fourth-order valence-electron chi connectivity index (χ4n) is 2.73. The van der Waals surface area contributed by atoms with Gasteiger partial charge in [0.25, 0.3) is 0 Å². The molecule has 9 heteroatoms. The van der Waals surface area contributed by atoms with E-state index in [9.17, 15) is 4.79 Å². The molecule has 3 rings (SSSR count). The van der Waals surface area contributed by atoms with Crippen LogP contribution < -0.4 is 0 Å². The Morgan fingerprint density at radius 3 is 3.09 bits per heavy atom. The Bertz CT molecular complexity index is 639. The molecule has 3 heterocycles. The number of likely N-dealkylation sites (tertiary alicyclic amines) is 1. The van der Waals surface area contributed by atoms with Gasteiger partial charge >= 0.3 is 0 Å². The first-order valence-electron chi connectivity index (χ1n) is 8.02. The lowest BCUT2D eigenvalue weighted by Gasteiger charge is -2.33. The van der Waals surface area contributed by atoms with Crippen LogP contribution in [0.15, 0.2) is 10.9 Å². The molecule has 2 aromatic rings. The van der Waals surface area contributed by atoms with Crippen LogP contribution in [0.2, 0.25) is 0 Å². The maximum absolute atomic E-state index is 12.6. The van der Waals surface area contributed by atoms with Crippen LogP contribution in [0.25, 0.3) is 0 Å². The molecule has 0 bridgehead atoms. The van der Waals surface area contributed by atoms with Crippen LogP contribution in [0.1, 0.15) is 63.2 Å². The van der Waals surface area contributed by atoms with Gasteiger partial charge in [0, 0.05) is 12.5 Å². The van der Waals surface area contributed by atoms with Gasteiger partial charge in [-0.3, -0.25) is 4.79 Å². The molecule has 0 radical (unpaired) electrons. The summed E-state index contributed by atoms with van der Waals surface area (Å²) in [5.74, 6) is 1.46. The molecule has 1 fully saturated rings. The summed E-state index contributed by atoms with van der Waals surface area (Å²) in [5, 5.41) is 14.9. The van der Waals surface area contributed by atoms with Gasteiger partial charge in [-0.2, -0.15) is 4.98 Å². The molecule has 0 saturated carbocycles. The highest BCUT2D eigenvalue weighted by Crippen LogP contribution is 2.31. The van der Waals surface area contributed by atoms with Gasteiger partial charge in [-0.1, -0.05) is 19.0 Å². The van der Waals surface area contributed by atoms with Crippen molar-refractivity contribution in [2.75, 3.05) is 6.54 Å². The molecule has 0 aliphatic carbocycles. The third-order valence-corrected chi connectivity index (χ3v) is 4.31. The van der Waals surface area contributed by atoms with E-state index in [1.165, 1.54) is 11.0 Å². The summed E-state index contributed by atoms with van der Waals surface area (Å²) >= 11 is 0. The predicted octanol–water partition coefficient (Wildman–Crippen LogP) is 1.32. The number of rotatable bonds is 5. The predicted molar refractivity (Wildman–Crippen MR) is 79.1 cm³/mol. The monoisotopic (exact) mass is 319 g/mol. The minimum atomic E-state index is -0.155. The number of hydrogen-bond donors (Lipinski definition) is 0.